The maximum atomic E-state index is 13.3. The zero-order valence-corrected chi connectivity index (χ0v) is 23.3. The minimum atomic E-state index is 0.178. The van der Waals surface area contributed by atoms with Crippen molar-refractivity contribution in [2.75, 3.05) is 20.1 Å². The summed E-state index contributed by atoms with van der Waals surface area (Å²) >= 11 is 7.57. The van der Waals surface area contributed by atoms with Crippen LogP contribution in [0.3, 0.4) is 0 Å². The summed E-state index contributed by atoms with van der Waals surface area (Å²) in [5, 5.41) is 0. The van der Waals surface area contributed by atoms with Gasteiger partial charge in [0.15, 0.2) is 0 Å². The molecule has 180 valence electrons. The van der Waals surface area contributed by atoms with E-state index in [0.29, 0.717) is 11.8 Å². The molecule has 0 radical (unpaired) electrons. The Kier molecular flexibility index (Phi) is 7.27. The van der Waals surface area contributed by atoms with Crippen molar-refractivity contribution in [3.8, 4) is 0 Å². The predicted molar refractivity (Wildman–Crippen MR) is 145 cm³/mol. The van der Waals surface area contributed by atoms with Gasteiger partial charge in [-0.15, -0.1) is 0 Å². The molecule has 4 nitrogen and oxygen atoms in total. The highest BCUT2D eigenvalue weighted by Crippen LogP contribution is 2.46. The lowest BCUT2D eigenvalue weighted by molar-refractivity contribution is -0.137. The van der Waals surface area contributed by atoms with Crippen molar-refractivity contribution in [2.24, 2.45) is 16.8 Å². The smallest absolute Gasteiger partial charge is 0.225 e. The van der Waals surface area contributed by atoms with Gasteiger partial charge in [-0.1, -0.05) is 22.0 Å². The van der Waals surface area contributed by atoms with Crippen LogP contribution in [0.4, 0.5) is 0 Å². The lowest BCUT2D eigenvalue weighted by Crippen LogP contribution is -2.43. The van der Waals surface area contributed by atoms with Crippen LogP contribution in [-0.2, 0) is 17.6 Å². The first kappa shape index (κ1) is 24.2. The molecule has 1 aromatic carbocycles. The first-order chi connectivity index (χ1) is 16.4. The lowest BCUT2D eigenvalue weighted by atomic mass is 9.76. The number of likely N-dealkylation sites (tertiary alicyclic amines) is 1. The summed E-state index contributed by atoms with van der Waals surface area (Å²) in [4.78, 5) is 24.8. The number of carbonyl (C=O) groups excluding carboxylic acids is 1. The summed E-state index contributed by atoms with van der Waals surface area (Å²) in [6.45, 7) is 3.89. The second kappa shape index (κ2) is 10.2. The van der Waals surface area contributed by atoms with Crippen molar-refractivity contribution in [1.82, 2.24) is 9.88 Å². The topological polar surface area (TPSA) is 45.6 Å². The molecule has 34 heavy (non-hydrogen) atoms. The van der Waals surface area contributed by atoms with Gasteiger partial charge in [0, 0.05) is 52.8 Å². The molecular formula is C28H33Br2N3O. The van der Waals surface area contributed by atoms with Gasteiger partial charge in [0.05, 0.1) is 5.69 Å². The maximum Gasteiger partial charge on any atom is 0.225 e. The lowest BCUT2D eigenvalue weighted by Gasteiger charge is -2.39. The fraction of sp³-hybridized carbons (Fsp3) is 0.536. The third-order valence-electron chi connectivity index (χ3n) is 8.15. The Morgan fingerprint density at radius 2 is 1.71 bits per heavy atom. The highest BCUT2D eigenvalue weighted by Gasteiger charge is 2.37. The molecule has 1 aromatic heterocycles. The number of aliphatic imine (C=N–C) groups is 1. The summed E-state index contributed by atoms with van der Waals surface area (Å²) in [6.07, 6.45) is 9.95. The zero-order chi connectivity index (χ0) is 23.8. The van der Waals surface area contributed by atoms with Crippen LogP contribution in [0, 0.1) is 18.8 Å². The minimum Gasteiger partial charge on any atom is -0.342 e. The Morgan fingerprint density at radius 1 is 1.00 bits per heavy atom. The molecule has 1 amide bonds. The molecule has 1 atom stereocenters. The normalized spacial score (nSPS) is 23.2. The van der Waals surface area contributed by atoms with Crippen molar-refractivity contribution in [3.05, 3.63) is 61.3 Å². The number of aromatic nitrogens is 1. The van der Waals surface area contributed by atoms with Crippen molar-refractivity contribution in [1.29, 1.82) is 0 Å². The first-order valence-electron chi connectivity index (χ1n) is 12.6. The van der Waals surface area contributed by atoms with Crippen LogP contribution in [0.2, 0.25) is 0 Å². The fourth-order valence-corrected chi connectivity index (χ4v) is 7.59. The Balaban J connectivity index is 1.39. The van der Waals surface area contributed by atoms with E-state index in [4.69, 9.17) is 4.98 Å². The average Bonchev–Trinajstić information content (AvgIpc) is 3.00. The molecule has 0 unspecified atom stereocenters. The number of benzene rings is 1. The van der Waals surface area contributed by atoms with E-state index in [2.05, 4.69) is 66.9 Å². The van der Waals surface area contributed by atoms with Gasteiger partial charge in [-0.05, 0) is 115 Å². The zero-order valence-electron chi connectivity index (χ0n) is 20.1. The fourth-order valence-electron chi connectivity index (χ4n) is 6.35. The molecule has 2 aliphatic carbocycles. The van der Waals surface area contributed by atoms with Gasteiger partial charge in [0.1, 0.15) is 0 Å². The second-order valence-corrected chi connectivity index (χ2v) is 12.0. The number of fused-ring (bicyclic) bond motifs is 2. The molecule has 0 spiro atoms. The van der Waals surface area contributed by atoms with Gasteiger partial charge in [-0.2, -0.15) is 0 Å². The standard InChI is InChI=1S/C28H33Br2N3O/c1-17-13-20-3-4-21-15-22(29)16-32-27(21)26(25(20)24(30)14-17)18-9-11-33(12-10-18)28(34)19-5-7-23(31-2)8-6-19/h13-16,18-19,26H,3-12H2,1-2H3/t19?,26-/m1/s1. The molecule has 2 heterocycles. The number of pyridine rings is 1. The van der Waals surface area contributed by atoms with Crippen molar-refractivity contribution in [3.63, 3.8) is 0 Å². The quantitative estimate of drug-likeness (QED) is 0.396. The SMILES string of the molecule is CN=C1CCC(C(=O)N2CCC([C@H]3c4ncc(Br)cc4CCc4cc(C)cc(Br)c43)CC2)CC1. The summed E-state index contributed by atoms with van der Waals surface area (Å²) < 4.78 is 2.26. The van der Waals surface area contributed by atoms with Crippen LogP contribution in [0.25, 0.3) is 0 Å². The van der Waals surface area contributed by atoms with Crippen LogP contribution in [0.5, 0.6) is 0 Å². The highest BCUT2D eigenvalue weighted by molar-refractivity contribution is 9.10. The Hall–Kier alpha value is -1.53. The van der Waals surface area contributed by atoms with Gasteiger partial charge in [-0.25, -0.2) is 0 Å². The Bertz CT molecular complexity index is 1110. The largest absolute Gasteiger partial charge is 0.342 e. The minimum absolute atomic E-state index is 0.178. The van der Waals surface area contributed by atoms with Crippen LogP contribution >= 0.6 is 31.9 Å². The summed E-state index contributed by atoms with van der Waals surface area (Å²) in [7, 11) is 1.87. The number of aryl methyl sites for hydroxylation is 3. The number of rotatable bonds is 2. The molecule has 1 aliphatic heterocycles. The monoisotopic (exact) mass is 585 g/mol. The predicted octanol–water partition coefficient (Wildman–Crippen LogP) is 6.65. The molecule has 2 fully saturated rings. The Morgan fingerprint density at radius 3 is 2.41 bits per heavy atom. The first-order valence-corrected chi connectivity index (χ1v) is 14.2. The van der Waals surface area contributed by atoms with E-state index in [-0.39, 0.29) is 11.8 Å². The highest BCUT2D eigenvalue weighted by atomic mass is 79.9. The van der Waals surface area contributed by atoms with Crippen molar-refractivity contribution >= 4 is 43.5 Å². The molecule has 0 bridgehead atoms. The van der Waals surface area contributed by atoms with Gasteiger partial charge < -0.3 is 4.90 Å². The van der Waals surface area contributed by atoms with Crippen LogP contribution in [-0.4, -0.2) is 41.6 Å². The van der Waals surface area contributed by atoms with Crippen LogP contribution < -0.4 is 0 Å². The third kappa shape index (κ3) is 4.77. The van der Waals surface area contributed by atoms with Crippen LogP contribution in [0.15, 0.2) is 38.3 Å². The second-order valence-electron chi connectivity index (χ2n) is 10.2. The van der Waals surface area contributed by atoms with E-state index in [1.807, 2.05) is 13.2 Å². The van der Waals surface area contributed by atoms with E-state index in [9.17, 15) is 4.79 Å². The van der Waals surface area contributed by atoms with Gasteiger partial charge in [0.2, 0.25) is 5.91 Å². The molecule has 3 aliphatic rings. The van der Waals surface area contributed by atoms with Crippen LogP contribution in [0.1, 0.15) is 72.4 Å². The number of hydrogen-bond acceptors (Lipinski definition) is 3. The average molecular weight is 587 g/mol. The number of piperidine rings is 1. The molecule has 5 rings (SSSR count). The molecular weight excluding hydrogens is 554 g/mol. The molecule has 1 saturated heterocycles. The third-order valence-corrected chi connectivity index (χ3v) is 9.24. The van der Waals surface area contributed by atoms with Crippen molar-refractivity contribution < 1.29 is 4.79 Å². The van der Waals surface area contributed by atoms with E-state index >= 15 is 0 Å². The van der Waals surface area contributed by atoms with E-state index < -0.39 is 0 Å². The molecule has 6 heteroatoms. The summed E-state index contributed by atoms with van der Waals surface area (Å²) in [6, 6.07) is 6.88. The summed E-state index contributed by atoms with van der Waals surface area (Å²) in [5.74, 6) is 1.30. The van der Waals surface area contributed by atoms with Crippen molar-refractivity contribution in [2.45, 2.75) is 64.2 Å². The molecule has 0 N–H and O–H groups in total. The Labute approximate surface area is 219 Å². The number of halogens is 2. The maximum absolute atomic E-state index is 13.3. The number of nitrogens with zero attached hydrogens (tertiary/aromatic N) is 3. The van der Waals surface area contributed by atoms with Gasteiger partial charge in [-0.3, -0.25) is 14.8 Å². The van der Waals surface area contributed by atoms with E-state index in [0.717, 1.165) is 68.9 Å². The van der Waals surface area contributed by atoms with E-state index in [1.165, 1.54) is 38.1 Å². The summed E-state index contributed by atoms with van der Waals surface area (Å²) in [5.41, 5.74) is 8.02. The molecule has 2 aromatic rings. The van der Waals surface area contributed by atoms with Gasteiger partial charge in [0.25, 0.3) is 0 Å². The number of hydrogen-bond donors (Lipinski definition) is 0. The molecule has 1 saturated carbocycles. The van der Waals surface area contributed by atoms with E-state index in [1.54, 1.807) is 0 Å². The van der Waals surface area contributed by atoms with Gasteiger partial charge >= 0.3 is 0 Å². The number of carbonyl (C=O) groups is 1. The number of amides is 1.